The number of aromatic nitrogens is 2. The van der Waals surface area contributed by atoms with Gasteiger partial charge in [-0.3, -0.25) is 9.71 Å². The van der Waals surface area contributed by atoms with Gasteiger partial charge in [-0.2, -0.15) is 0 Å². The van der Waals surface area contributed by atoms with Crippen molar-refractivity contribution in [1.82, 2.24) is 9.97 Å². The molecule has 0 spiro atoms. The normalized spacial score (nSPS) is 11.5. The molecule has 0 saturated carbocycles. The van der Waals surface area contributed by atoms with E-state index in [1.165, 1.54) is 18.3 Å². The van der Waals surface area contributed by atoms with Crippen LogP contribution < -0.4 is 4.72 Å². The van der Waals surface area contributed by atoms with E-state index in [1.54, 1.807) is 24.5 Å². The fraction of sp³-hybridized carbons (Fsp3) is 0. The van der Waals surface area contributed by atoms with Crippen molar-refractivity contribution in [2.24, 2.45) is 0 Å². The summed E-state index contributed by atoms with van der Waals surface area (Å²) in [6.07, 6.45) is 4.69. The molecule has 0 aliphatic carbocycles. The van der Waals surface area contributed by atoms with Gasteiger partial charge in [0.1, 0.15) is 10.0 Å². The Kier molecular flexibility index (Phi) is 3.48. The molecule has 5 nitrogen and oxygen atoms in total. The van der Waals surface area contributed by atoms with E-state index in [1.807, 2.05) is 12.1 Å². The Balaban J connectivity index is 2.08. The number of hydrogen-bond donors (Lipinski definition) is 1. The Bertz CT molecular complexity index is 907. The zero-order valence-electron chi connectivity index (χ0n) is 10.7. The van der Waals surface area contributed by atoms with E-state index >= 15 is 0 Å². The Morgan fingerprint density at radius 1 is 1.05 bits per heavy atom. The van der Waals surface area contributed by atoms with Crippen LogP contribution >= 0.6 is 11.6 Å². The summed E-state index contributed by atoms with van der Waals surface area (Å²) in [5, 5.41) is 1.54. The smallest absolute Gasteiger partial charge is 0.264 e. The number of rotatable bonds is 3. The number of halogens is 1. The summed E-state index contributed by atoms with van der Waals surface area (Å²) in [6, 6.07) is 10.1. The largest absolute Gasteiger partial charge is 0.279 e. The van der Waals surface area contributed by atoms with Crippen LogP contribution in [0.4, 0.5) is 5.69 Å². The van der Waals surface area contributed by atoms with Crippen molar-refractivity contribution in [3.05, 3.63) is 60.1 Å². The van der Waals surface area contributed by atoms with Crippen LogP contribution in [0.15, 0.2) is 59.9 Å². The first-order valence-electron chi connectivity index (χ1n) is 6.04. The van der Waals surface area contributed by atoms with Crippen molar-refractivity contribution in [1.29, 1.82) is 0 Å². The van der Waals surface area contributed by atoms with E-state index in [0.29, 0.717) is 11.1 Å². The predicted molar refractivity (Wildman–Crippen MR) is 81.8 cm³/mol. The van der Waals surface area contributed by atoms with Crippen molar-refractivity contribution in [3.8, 4) is 0 Å². The van der Waals surface area contributed by atoms with Crippen molar-refractivity contribution in [2.45, 2.75) is 4.90 Å². The van der Waals surface area contributed by atoms with E-state index in [9.17, 15) is 8.42 Å². The molecule has 2 aromatic heterocycles. The highest BCUT2D eigenvalue weighted by molar-refractivity contribution is 7.92. The van der Waals surface area contributed by atoms with E-state index < -0.39 is 10.0 Å². The highest BCUT2D eigenvalue weighted by Gasteiger charge is 2.19. The van der Waals surface area contributed by atoms with Crippen molar-refractivity contribution >= 4 is 38.1 Å². The molecule has 3 rings (SSSR count). The molecule has 0 radical (unpaired) electrons. The van der Waals surface area contributed by atoms with Crippen LogP contribution in [0.1, 0.15) is 0 Å². The Morgan fingerprint density at radius 3 is 2.71 bits per heavy atom. The number of hydrogen-bond acceptors (Lipinski definition) is 4. The third-order valence-electron chi connectivity index (χ3n) is 2.94. The first-order valence-corrected chi connectivity index (χ1v) is 7.90. The van der Waals surface area contributed by atoms with Gasteiger partial charge in [-0.05, 0) is 29.7 Å². The third kappa shape index (κ3) is 2.68. The summed E-state index contributed by atoms with van der Waals surface area (Å²) >= 11 is 5.85. The number of benzene rings is 1. The van der Waals surface area contributed by atoms with Gasteiger partial charge in [0.25, 0.3) is 10.0 Å². The molecule has 0 saturated heterocycles. The standard InChI is InChI=1S/C14H10ClN3O2S/c15-14-13(5-2-7-17-14)21(19,20)18-12-4-1-3-10-6-8-16-9-11(10)12/h1-9,18H. The van der Waals surface area contributed by atoms with Crippen LogP contribution in [-0.2, 0) is 10.0 Å². The second-order valence-electron chi connectivity index (χ2n) is 4.30. The summed E-state index contributed by atoms with van der Waals surface area (Å²) in [6.45, 7) is 0. The molecule has 0 amide bonds. The summed E-state index contributed by atoms with van der Waals surface area (Å²) in [4.78, 5) is 7.74. The lowest BCUT2D eigenvalue weighted by molar-refractivity contribution is 0.601. The van der Waals surface area contributed by atoms with Crippen molar-refractivity contribution in [2.75, 3.05) is 4.72 Å². The molecule has 0 aliphatic heterocycles. The molecule has 106 valence electrons. The minimum absolute atomic E-state index is 0.0624. The van der Waals surface area contributed by atoms with E-state index in [4.69, 9.17) is 11.6 Å². The maximum atomic E-state index is 12.4. The SMILES string of the molecule is O=S(=O)(Nc1cccc2ccncc12)c1cccnc1Cl. The molecule has 21 heavy (non-hydrogen) atoms. The number of anilines is 1. The number of pyridine rings is 2. The average molecular weight is 320 g/mol. The van der Waals surface area contributed by atoms with Gasteiger partial charge in [-0.15, -0.1) is 0 Å². The third-order valence-corrected chi connectivity index (χ3v) is 4.75. The zero-order valence-corrected chi connectivity index (χ0v) is 12.3. The summed E-state index contributed by atoms with van der Waals surface area (Å²) in [7, 11) is -3.81. The van der Waals surface area contributed by atoms with Crippen LogP contribution in [0.25, 0.3) is 10.8 Å². The van der Waals surface area contributed by atoms with E-state index in [0.717, 1.165) is 5.39 Å². The van der Waals surface area contributed by atoms with E-state index in [2.05, 4.69) is 14.7 Å². The Morgan fingerprint density at radius 2 is 1.90 bits per heavy atom. The molecule has 0 aliphatic rings. The van der Waals surface area contributed by atoms with Crippen molar-refractivity contribution < 1.29 is 8.42 Å². The number of sulfonamides is 1. The first-order chi connectivity index (χ1) is 10.1. The fourth-order valence-electron chi connectivity index (χ4n) is 1.97. The molecular weight excluding hydrogens is 310 g/mol. The Labute approximate surface area is 126 Å². The van der Waals surface area contributed by atoms with Crippen LogP contribution in [0, 0.1) is 0 Å². The molecule has 0 bridgehead atoms. The second-order valence-corrected chi connectivity index (χ2v) is 6.31. The van der Waals surface area contributed by atoms with Gasteiger partial charge in [0.05, 0.1) is 5.69 Å². The van der Waals surface area contributed by atoms with Crippen LogP contribution in [0.3, 0.4) is 0 Å². The quantitative estimate of drug-likeness (QED) is 0.753. The van der Waals surface area contributed by atoms with Gasteiger partial charge >= 0.3 is 0 Å². The van der Waals surface area contributed by atoms with Gasteiger partial charge in [0, 0.05) is 24.0 Å². The minimum atomic E-state index is -3.81. The minimum Gasteiger partial charge on any atom is -0.279 e. The molecular formula is C14H10ClN3O2S. The van der Waals surface area contributed by atoms with E-state index in [-0.39, 0.29) is 10.0 Å². The van der Waals surface area contributed by atoms with Gasteiger partial charge in [-0.1, -0.05) is 23.7 Å². The highest BCUT2D eigenvalue weighted by atomic mass is 35.5. The number of nitrogens with one attached hydrogen (secondary N) is 1. The van der Waals surface area contributed by atoms with Gasteiger partial charge in [0.15, 0.2) is 0 Å². The topological polar surface area (TPSA) is 72.0 Å². The maximum absolute atomic E-state index is 12.4. The second kappa shape index (κ2) is 5.31. The molecule has 1 N–H and O–H groups in total. The lowest BCUT2D eigenvalue weighted by Crippen LogP contribution is -2.14. The summed E-state index contributed by atoms with van der Waals surface area (Å²) in [5.74, 6) is 0. The molecule has 3 aromatic rings. The van der Waals surface area contributed by atoms with Crippen LogP contribution in [0.5, 0.6) is 0 Å². The maximum Gasteiger partial charge on any atom is 0.264 e. The molecule has 0 unspecified atom stereocenters. The number of fused-ring (bicyclic) bond motifs is 1. The molecule has 2 heterocycles. The monoisotopic (exact) mass is 319 g/mol. The average Bonchev–Trinajstić information content (AvgIpc) is 2.47. The molecule has 0 fully saturated rings. The predicted octanol–water partition coefficient (Wildman–Crippen LogP) is 3.08. The molecule has 1 aromatic carbocycles. The summed E-state index contributed by atoms with van der Waals surface area (Å²) in [5.41, 5.74) is 0.445. The highest BCUT2D eigenvalue weighted by Crippen LogP contribution is 2.26. The van der Waals surface area contributed by atoms with Gasteiger partial charge in [-0.25, -0.2) is 13.4 Å². The molecule has 0 atom stereocenters. The van der Waals surface area contributed by atoms with Gasteiger partial charge < -0.3 is 0 Å². The van der Waals surface area contributed by atoms with Crippen LogP contribution in [0.2, 0.25) is 5.15 Å². The summed E-state index contributed by atoms with van der Waals surface area (Å²) < 4.78 is 27.3. The van der Waals surface area contributed by atoms with Gasteiger partial charge in [0.2, 0.25) is 0 Å². The fourth-order valence-corrected chi connectivity index (χ4v) is 3.51. The number of nitrogens with zero attached hydrogens (tertiary/aromatic N) is 2. The lowest BCUT2D eigenvalue weighted by Gasteiger charge is -2.11. The lowest BCUT2D eigenvalue weighted by atomic mass is 10.1. The van der Waals surface area contributed by atoms with Crippen LogP contribution in [-0.4, -0.2) is 18.4 Å². The first kappa shape index (κ1) is 13.8. The molecule has 7 heteroatoms. The Hall–Kier alpha value is -2.18. The zero-order chi connectivity index (χ0) is 14.9. The van der Waals surface area contributed by atoms with Crippen molar-refractivity contribution in [3.63, 3.8) is 0 Å².